The maximum Gasteiger partial charge on any atom is 0.251 e. The molecule has 0 bridgehead atoms. The van der Waals surface area contributed by atoms with Crippen molar-refractivity contribution in [3.8, 4) is 0 Å². The monoisotopic (exact) mass is 319 g/mol. The second-order valence-electron chi connectivity index (χ2n) is 6.29. The largest absolute Gasteiger partial charge is 0.369 e. The van der Waals surface area contributed by atoms with Crippen LogP contribution in [0, 0.1) is 0 Å². The number of nitrogens with zero attached hydrogens (tertiary/aromatic N) is 1. The summed E-state index contributed by atoms with van der Waals surface area (Å²) in [5.41, 5.74) is 4.12. The molecule has 3 aromatic rings. The van der Waals surface area contributed by atoms with Crippen molar-refractivity contribution in [2.75, 3.05) is 31.1 Å². The van der Waals surface area contributed by atoms with Crippen LogP contribution in [-0.2, 0) is 6.42 Å². The van der Waals surface area contributed by atoms with Gasteiger partial charge in [-0.1, -0.05) is 30.3 Å². The number of nitrogens with one attached hydrogen (secondary N) is 2. The minimum atomic E-state index is -0.000110. The van der Waals surface area contributed by atoms with E-state index in [2.05, 4.69) is 39.5 Å². The third kappa shape index (κ3) is 3.05. The topological polar surface area (TPSA) is 48.1 Å². The molecule has 0 saturated carbocycles. The molecule has 0 atom stereocenters. The lowest BCUT2D eigenvalue weighted by molar-refractivity contribution is 0.589. The Kier molecular flexibility index (Phi) is 4.05. The van der Waals surface area contributed by atoms with Crippen molar-refractivity contribution in [2.45, 2.75) is 6.42 Å². The van der Waals surface area contributed by atoms with Crippen molar-refractivity contribution < 1.29 is 0 Å². The van der Waals surface area contributed by atoms with Crippen molar-refractivity contribution in [1.29, 1.82) is 0 Å². The highest BCUT2D eigenvalue weighted by Gasteiger charge is 2.10. The van der Waals surface area contributed by atoms with Gasteiger partial charge in [-0.25, -0.2) is 0 Å². The van der Waals surface area contributed by atoms with Crippen LogP contribution in [0.5, 0.6) is 0 Å². The average molecular weight is 319 g/mol. The molecule has 0 unspecified atom stereocenters. The summed E-state index contributed by atoms with van der Waals surface area (Å²) in [5.74, 6) is 0. The fourth-order valence-electron chi connectivity index (χ4n) is 3.29. The van der Waals surface area contributed by atoms with Crippen LogP contribution >= 0.6 is 0 Å². The lowest BCUT2D eigenvalue weighted by Gasteiger charge is -2.29. The fourth-order valence-corrected chi connectivity index (χ4v) is 3.29. The summed E-state index contributed by atoms with van der Waals surface area (Å²) in [6.45, 7) is 4.16. The number of aromatic nitrogens is 1. The van der Waals surface area contributed by atoms with Crippen LogP contribution in [-0.4, -0.2) is 31.2 Å². The highest BCUT2D eigenvalue weighted by molar-refractivity contribution is 5.78. The van der Waals surface area contributed by atoms with Crippen LogP contribution < -0.4 is 15.8 Å². The van der Waals surface area contributed by atoms with Gasteiger partial charge < -0.3 is 15.2 Å². The number of rotatable bonds is 3. The van der Waals surface area contributed by atoms with E-state index in [0.29, 0.717) is 6.42 Å². The first-order chi connectivity index (χ1) is 11.8. The van der Waals surface area contributed by atoms with Gasteiger partial charge in [0.1, 0.15) is 0 Å². The standard InChI is InChI=1S/C20H21N3O/c24-20-17(14-16-3-1-2-4-19(16)22-20)13-15-5-7-18(8-6-15)23-11-9-21-10-12-23/h1-8,14,21H,9-13H2,(H,22,24). The summed E-state index contributed by atoms with van der Waals surface area (Å²) in [7, 11) is 0. The highest BCUT2D eigenvalue weighted by atomic mass is 16.1. The van der Waals surface area contributed by atoms with Gasteiger partial charge in [-0.2, -0.15) is 0 Å². The van der Waals surface area contributed by atoms with Gasteiger partial charge in [-0.15, -0.1) is 0 Å². The van der Waals surface area contributed by atoms with Crippen LogP contribution in [0.15, 0.2) is 59.4 Å². The second-order valence-corrected chi connectivity index (χ2v) is 6.29. The van der Waals surface area contributed by atoms with Crippen molar-refractivity contribution in [3.63, 3.8) is 0 Å². The Bertz CT molecular complexity index is 893. The van der Waals surface area contributed by atoms with Crippen LogP contribution in [0.1, 0.15) is 11.1 Å². The number of H-pyrrole nitrogens is 1. The number of pyridine rings is 1. The van der Waals surface area contributed by atoms with Crippen LogP contribution in [0.2, 0.25) is 0 Å². The number of aromatic amines is 1. The quantitative estimate of drug-likeness (QED) is 0.780. The number of benzene rings is 2. The minimum Gasteiger partial charge on any atom is -0.369 e. The van der Waals surface area contributed by atoms with Gasteiger partial charge in [0, 0.05) is 49.4 Å². The zero-order chi connectivity index (χ0) is 16.4. The first-order valence-electron chi connectivity index (χ1n) is 8.45. The van der Waals surface area contributed by atoms with E-state index < -0.39 is 0 Å². The SMILES string of the molecule is O=c1[nH]c2ccccc2cc1Cc1ccc(N2CCNCC2)cc1. The van der Waals surface area contributed by atoms with Gasteiger partial charge in [0.05, 0.1) is 0 Å². The number of piperazine rings is 1. The molecule has 2 aromatic carbocycles. The molecule has 2 N–H and O–H groups in total. The Balaban J connectivity index is 1.56. The first kappa shape index (κ1) is 15.0. The molecule has 0 aliphatic carbocycles. The predicted octanol–water partition coefficient (Wildman–Crippen LogP) is 2.53. The van der Waals surface area contributed by atoms with E-state index in [1.54, 1.807) is 0 Å². The Morgan fingerprint density at radius 3 is 2.50 bits per heavy atom. The molecule has 1 aromatic heterocycles. The third-order valence-electron chi connectivity index (χ3n) is 4.64. The molecule has 2 heterocycles. The minimum absolute atomic E-state index is 0.000110. The lowest BCUT2D eigenvalue weighted by atomic mass is 10.0. The zero-order valence-electron chi connectivity index (χ0n) is 13.6. The number of anilines is 1. The summed E-state index contributed by atoms with van der Waals surface area (Å²) in [6, 6.07) is 18.5. The smallest absolute Gasteiger partial charge is 0.251 e. The normalized spacial score (nSPS) is 14.9. The average Bonchev–Trinajstić information content (AvgIpc) is 2.64. The number of fused-ring (bicyclic) bond motifs is 1. The predicted molar refractivity (Wildman–Crippen MR) is 98.9 cm³/mol. The second kappa shape index (κ2) is 6.49. The van der Waals surface area contributed by atoms with E-state index in [1.165, 1.54) is 5.69 Å². The number of hydrogen-bond donors (Lipinski definition) is 2. The molecule has 4 rings (SSSR count). The molecule has 4 nitrogen and oxygen atoms in total. The molecule has 1 fully saturated rings. The molecule has 0 amide bonds. The molecule has 122 valence electrons. The maximum atomic E-state index is 12.3. The molecule has 0 radical (unpaired) electrons. The maximum absolute atomic E-state index is 12.3. The van der Waals surface area contributed by atoms with E-state index >= 15 is 0 Å². The van der Waals surface area contributed by atoms with E-state index in [4.69, 9.17) is 0 Å². The molecular weight excluding hydrogens is 298 g/mol. The molecule has 1 aliphatic heterocycles. The Hall–Kier alpha value is -2.59. The molecule has 24 heavy (non-hydrogen) atoms. The molecule has 4 heteroatoms. The zero-order valence-corrected chi connectivity index (χ0v) is 13.6. The van der Waals surface area contributed by atoms with E-state index in [1.807, 2.05) is 30.3 Å². The summed E-state index contributed by atoms with van der Waals surface area (Å²) < 4.78 is 0. The first-order valence-corrected chi connectivity index (χ1v) is 8.45. The Labute approximate surface area is 141 Å². The van der Waals surface area contributed by atoms with E-state index in [-0.39, 0.29) is 5.56 Å². The Morgan fingerprint density at radius 2 is 1.71 bits per heavy atom. The van der Waals surface area contributed by atoms with E-state index in [0.717, 1.165) is 48.2 Å². The van der Waals surface area contributed by atoms with Crippen LogP contribution in [0.25, 0.3) is 10.9 Å². The van der Waals surface area contributed by atoms with Crippen molar-refractivity contribution >= 4 is 16.6 Å². The third-order valence-corrected chi connectivity index (χ3v) is 4.64. The number of hydrogen-bond acceptors (Lipinski definition) is 3. The van der Waals surface area contributed by atoms with Gasteiger partial charge >= 0.3 is 0 Å². The highest BCUT2D eigenvalue weighted by Crippen LogP contribution is 2.18. The number of para-hydroxylation sites is 1. The van der Waals surface area contributed by atoms with Crippen LogP contribution in [0.3, 0.4) is 0 Å². The van der Waals surface area contributed by atoms with Gasteiger partial charge in [0.2, 0.25) is 0 Å². The molecule has 1 saturated heterocycles. The molecule has 0 spiro atoms. The lowest BCUT2D eigenvalue weighted by Crippen LogP contribution is -2.43. The molecule has 1 aliphatic rings. The summed E-state index contributed by atoms with van der Waals surface area (Å²) in [5, 5.41) is 4.44. The van der Waals surface area contributed by atoms with Gasteiger partial charge in [0.15, 0.2) is 0 Å². The fraction of sp³-hybridized carbons (Fsp3) is 0.250. The van der Waals surface area contributed by atoms with Gasteiger partial charge in [0.25, 0.3) is 5.56 Å². The summed E-state index contributed by atoms with van der Waals surface area (Å²) in [4.78, 5) is 17.6. The van der Waals surface area contributed by atoms with Crippen molar-refractivity contribution in [2.24, 2.45) is 0 Å². The summed E-state index contributed by atoms with van der Waals surface area (Å²) >= 11 is 0. The molecular formula is C20H21N3O. The van der Waals surface area contributed by atoms with Gasteiger partial charge in [-0.3, -0.25) is 4.79 Å². The summed E-state index contributed by atoms with van der Waals surface area (Å²) in [6.07, 6.45) is 0.655. The van der Waals surface area contributed by atoms with E-state index in [9.17, 15) is 4.79 Å². The van der Waals surface area contributed by atoms with Crippen molar-refractivity contribution in [1.82, 2.24) is 10.3 Å². The van der Waals surface area contributed by atoms with Gasteiger partial charge in [-0.05, 0) is 35.2 Å². The Morgan fingerprint density at radius 1 is 0.958 bits per heavy atom. The van der Waals surface area contributed by atoms with Crippen molar-refractivity contribution in [3.05, 3.63) is 76.1 Å². The van der Waals surface area contributed by atoms with Crippen LogP contribution in [0.4, 0.5) is 5.69 Å².